The second-order valence-electron chi connectivity index (χ2n) is 3.77. The van der Waals surface area contributed by atoms with Gasteiger partial charge < -0.3 is 5.11 Å². The zero-order chi connectivity index (χ0) is 12.1. The van der Waals surface area contributed by atoms with Crippen LogP contribution in [0.4, 0.5) is 0 Å². The minimum atomic E-state index is -0.604. The van der Waals surface area contributed by atoms with Crippen molar-refractivity contribution in [3.05, 3.63) is 76.8 Å². The Labute approximate surface area is 106 Å². The van der Waals surface area contributed by atoms with Crippen LogP contribution < -0.4 is 0 Å². The Kier molecular flexibility index (Phi) is 3.97. The monoisotopic (exact) mass is 244 g/mol. The highest BCUT2D eigenvalue weighted by Crippen LogP contribution is 2.18. The summed E-state index contributed by atoms with van der Waals surface area (Å²) in [7, 11) is 0. The zero-order valence-electron chi connectivity index (χ0n) is 9.25. The topological polar surface area (TPSA) is 20.2 Å². The van der Waals surface area contributed by atoms with Crippen LogP contribution in [0, 0.1) is 0 Å². The minimum Gasteiger partial charge on any atom is -0.384 e. The molecule has 0 heterocycles. The molecular weight excluding hydrogens is 232 g/mol. The number of aliphatic hydroxyl groups is 1. The van der Waals surface area contributed by atoms with Crippen LogP contribution in [0.1, 0.15) is 17.2 Å². The van der Waals surface area contributed by atoms with Crippen LogP contribution >= 0.6 is 11.6 Å². The Hall–Kier alpha value is -1.57. The highest BCUT2D eigenvalue weighted by Gasteiger charge is 2.02. The SMILES string of the molecule is OC(/C=C/c1ccccc1)c1ccc(Cl)cc1. The average Bonchev–Trinajstić information content (AvgIpc) is 2.38. The molecule has 1 nitrogen and oxygen atoms in total. The van der Waals surface area contributed by atoms with Gasteiger partial charge in [0.25, 0.3) is 0 Å². The van der Waals surface area contributed by atoms with Crippen LogP contribution in [0.25, 0.3) is 6.08 Å². The molecule has 0 aliphatic carbocycles. The van der Waals surface area contributed by atoms with E-state index in [0.717, 1.165) is 11.1 Å². The molecule has 0 saturated heterocycles. The van der Waals surface area contributed by atoms with Crippen molar-refractivity contribution >= 4 is 17.7 Å². The Bertz CT molecular complexity index is 488. The van der Waals surface area contributed by atoms with E-state index in [1.807, 2.05) is 48.5 Å². The zero-order valence-corrected chi connectivity index (χ0v) is 10.0. The maximum Gasteiger partial charge on any atom is 0.0975 e. The standard InChI is InChI=1S/C15H13ClO/c16-14-9-7-13(8-10-14)15(17)11-6-12-4-2-1-3-5-12/h1-11,15,17H/b11-6+. The molecule has 0 aliphatic heterocycles. The third kappa shape index (κ3) is 3.45. The van der Waals surface area contributed by atoms with Crippen molar-refractivity contribution in [3.63, 3.8) is 0 Å². The summed E-state index contributed by atoms with van der Waals surface area (Å²) in [6.45, 7) is 0. The third-order valence-electron chi connectivity index (χ3n) is 2.48. The fraction of sp³-hybridized carbons (Fsp3) is 0.0667. The van der Waals surface area contributed by atoms with Gasteiger partial charge >= 0.3 is 0 Å². The highest BCUT2D eigenvalue weighted by molar-refractivity contribution is 6.30. The Balaban J connectivity index is 2.09. The molecule has 2 aromatic rings. The molecule has 17 heavy (non-hydrogen) atoms. The summed E-state index contributed by atoms with van der Waals surface area (Å²) in [6, 6.07) is 17.1. The summed E-state index contributed by atoms with van der Waals surface area (Å²) in [4.78, 5) is 0. The number of rotatable bonds is 3. The molecular formula is C15H13ClO. The summed E-state index contributed by atoms with van der Waals surface area (Å²) in [6.07, 6.45) is 3.06. The van der Waals surface area contributed by atoms with E-state index in [1.54, 1.807) is 18.2 Å². The lowest BCUT2D eigenvalue weighted by Crippen LogP contribution is -1.91. The molecule has 0 fully saturated rings. The maximum atomic E-state index is 9.94. The van der Waals surface area contributed by atoms with Crippen LogP contribution in [0.15, 0.2) is 60.7 Å². The summed E-state index contributed by atoms with van der Waals surface area (Å²) in [5.74, 6) is 0. The van der Waals surface area contributed by atoms with Crippen LogP contribution in [0.2, 0.25) is 5.02 Å². The van der Waals surface area contributed by atoms with Crippen molar-refractivity contribution in [1.82, 2.24) is 0 Å². The van der Waals surface area contributed by atoms with E-state index in [1.165, 1.54) is 0 Å². The van der Waals surface area contributed by atoms with Gasteiger partial charge in [-0.2, -0.15) is 0 Å². The van der Waals surface area contributed by atoms with Crippen molar-refractivity contribution < 1.29 is 5.11 Å². The fourth-order valence-corrected chi connectivity index (χ4v) is 1.66. The van der Waals surface area contributed by atoms with Gasteiger partial charge in [-0.25, -0.2) is 0 Å². The summed E-state index contributed by atoms with van der Waals surface area (Å²) >= 11 is 5.79. The molecule has 2 heteroatoms. The van der Waals surface area contributed by atoms with Crippen LogP contribution in [0.5, 0.6) is 0 Å². The van der Waals surface area contributed by atoms with Crippen molar-refractivity contribution in [1.29, 1.82) is 0 Å². The first kappa shape index (κ1) is 11.9. The molecule has 1 unspecified atom stereocenters. The van der Waals surface area contributed by atoms with Crippen LogP contribution in [0.3, 0.4) is 0 Å². The van der Waals surface area contributed by atoms with E-state index >= 15 is 0 Å². The predicted octanol–water partition coefficient (Wildman–Crippen LogP) is 4.09. The van der Waals surface area contributed by atoms with E-state index in [4.69, 9.17) is 11.6 Å². The van der Waals surface area contributed by atoms with Gasteiger partial charge in [0, 0.05) is 5.02 Å². The van der Waals surface area contributed by atoms with Crippen molar-refractivity contribution in [2.45, 2.75) is 6.10 Å². The van der Waals surface area contributed by atoms with Crippen molar-refractivity contribution in [2.24, 2.45) is 0 Å². The van der Waals surface area contributed by atoms with E-state index < -0.39 is 6.10 Å². The van der Waals surface area contributed by atoms with Gasteiger partial charge in [0.15, 0.2) is 0 Å². The number of halogens is 1. The average molecular weight is 245 g/mol. The quantitative estimate of drug-likeness (QED) is 0.862. The first-order valence-electron chi connectivity index (χ1n) is 5.42. The molecule has 2 rings (SSSR count). The smallest absolute Gasteiger partial charge is 0.0975 e. The fourth-order valence-electron chi connectivity index (χ4n) is 1.54. The van der Waals surface area contributed by atoms with Crippen LogP contribution in [-0.2, 0) is 0 Å². The third-order valence-corrected chi connectivity index (χ3v) is 2.73. The lowest BCUT2D eigenvalue weighted by molar-refractivity contribution is 0.229. The highest BCUT2D eigenvalue weighted by atomic mass is 35.5. The van der Waals surface area contributed by atoms with Gasteiger partial charge in [0.2, 0.25) is 0 Å². The largest absolute Gasteiger partial charge is 0.384 e. The Morgan fingerprint density at radius 1 is 0.941 bits per heavy atom. The van der Waals surface area contributed by atoms with Gasteiger partial charge in [0.05, 0.1) is 6.10 Å². The molecule has 0 amide bonds. The molecule has 0 bridgehead atoms. The van der Waals surface area contributed by atoms with E-state index in [-0.39, 0.29) is 0 Å². The normalized spacial score (nSPS) is 12.8. The number of hydrogen-bond acceptors (Lipinski definition) is 1. The van der Waals surface area contributed by atoms with Crippen molar-refractivity contribution in [3.8, 4) is 0 Å². The molecule has 2 aromatic carbocycles. The number of benzene rings is 2. The number of aliphatic hydroxyl groups excluding tert-OH is 1. The van der Waals surface area contributed by atoms with E-state index in [2.05, 4.69) is 0 Å². The molecule has 1 N–H and O–H groups in total. The summed E-state index contributed by atoms with van der Waals surface area (Å²) < 4.78 is 0. The predicted molar refractivity (Wildman–Crippen MR) is 71.9 cm³/mol. The molecule has 0 aliphatic rings. The van der Waals surface area contributed by atoms with Gasteiger partial charge in [-0.15, -0.1) is 0 Å². The summed E-state index contributed by atoms with van der Waals surface area (Å²) in [5, 5.41) is 10.6. The van der Waals surface area contributed by atoms with Gasteiger partial charge in [-0.3, -0.25) is 0 Å². The van der Waals surface area contributed by atoms with Gasteiger partial charge in [-0.1, -0.05) is 66.2 Å². The molecule has 0 radical (unpaired) electrons. The van der Waals surface area contributed by atoms with Gasteiger partial charge in [0.1, 0.15) is 0 Å². The molecule has 0 spiro atoms. The van der Waals surface area contributed by atoms with E-state index in [9.17, 15) is 5.11 Å². The lowest BCUT2D eigenvalue weighted by atomic mass is 10.1. The second-order valence-corrected chi connectivity index (χ2v) is 4.20. The molecule has 0 aromatic heterocycles. The molecule has 0 saturated carbocycles. The first-order valence-corrected chi connectivity index (χ1v) is 5.80. The second kappa shape index (κ2) is 5.67. The Morgan fingerprint density at radius 2 is 1.59 bits per heavy atom. The minimum absolute atomic E-state index is 0.604. The summed E-state index contributed by atoms with van der Waals surface area (Å²) in [5.41, 5.74) is 1.90. The van der Waals surface area contributed by atoms with E-state index in [0.29, 0.717) is 5.02 Å². The van der Waals surface area contributed by atoms with Crippen LogP contribution in [-0.4, -0.2) is 5.11 Å². The maximum absolute atomic E-state index is 9.94. The van der Waals surface area contributed by atoms with Gasteiger partial charge in [-0.05, 0) is 23.3 Å². The molecule has 1 atom stereocenters. The molecule has 86 valence electrons. The number of hydrogen-bond donors (Lipinski definition) is 1. The first-order chi connectivity index (χ1) is 8.25. The van der Waals surface area contributed by atoms with Crippen molar-refractivity contribution in [2.75, 3.05) is 0 Å². The Morgan fingerprint density at radius 3 is 2.24 bits per heavy atom. The lowest BCUT2D eigenvalue weighted by Gasteiger charge is -2.05.